The maximum absolute atomic E-state index is 15.1. The van der Waals surface area contributed by atoms with E-state index in [1.165, 1.54) is 18.3 Å². The normalized spacial score (nSPS) is 27.8. The van der Waals surface area contributed by atoms with Crippen LogP contribution in [0, 0.1) is 24.1 Å². The zero-order valence-electron chi connectivity index (χ0n) is 18.9. The number of aliphatic imine (C=N–C) groups is 1. The SMILES string of the molecule is Cc1cc(C#N)cnc1C(=O)Cc1ccc(F)c([C@@]2(C)N=C(N)C(C)(C)[S@]3(=O)=NCC[C@@H]23)n1. The summed E-state index contributed by atoms with van der Waals surface area (Å²) in [5.41, 5.74) is 6.46. The first-order valence-electron chi connectivity index (χ1n) is 10.6. The molecular weight excluding hydrogens is 443 g/mol. The quantitative estimate of drug-likeness (QED) is 0.686. The van der Waals surface area contributed by atoms with Crippen molar-refractivity contribution >= 4 is 21.3 Å². The second-order valence-corrected chi connectivity index (χ2v) is 12.1. The zero-order valence-corrected chi connectivity index (χ0v) is 19.7. The molecule has 2 N–H and O–H groups in total. The monoisotopic (exact) mass is 468 g/mol. The third kappa shape index (κ3) is 3.42. The number of aromatic nitrogens is 2. The third-order valence-corrected chi connectivity index (χ3v) is 10.3. The molecule has 3 atom stereocenters. The maximum atomic E-state index is 15.1. The van der Waals surface area contributed by atoms with Crippen LogP contribution in [0.5, 0.6) is 0 Å². The number of Topliss-reactive ketones (excluding diaryl/α,β-unsaturated/α-hetero) is 1. The Hall–Kier alpha value is -3.19. The highest BCUT2D eigenvalue weighted by atomic mass is 32.2. The number of nitriles is 1. The van der Waals surface area contributed by atoms with Crippen LogP contribution in [0.25, 0.3) is 0 Å². The number of carbonyl (C=O) groups excluding carboxylic acids is 1. The Morgan fingerprint density at radius 1 is 1.36 bits per heavy atom. The summed E-state index contributed by atoms with van der Waals surface area (Å²) in [6.07, 6.45) is 1.71. The minimum Gasteiger partial charge on any atom is -0.386 e. The molecule has 2 aliphatic rings. The van der Waals surface area contributed by atoms with Gasteiger partial charge in [-0.2, -0.15) is 5.26 Å². The molecule has 33 heavy (non-hydrogen) atoms. The Morgan fingerprint density at radius 3 is 2.76 bits per heavy atom. The minimum atomic E-state index is -2.83. The number of hydrogen-bond acceptors (Lipinski definition) is 8. The highest BCUT2D eigenvalue weighted by molar-refractivity contribution is 7.96. The molecular formula is C23H25FN6O2S. The summed E-state index contributed by atoms with van der Waals surface area (Å²) in [7, 11) is -2.83. The lowest BCUT2D eigenvalue weighted by Crippen LogP contribution is -2.58. The first kappa shape index (κ1) is 23.0. The summed E-state index contributed by atoms with van der Waals surface area (Å²) in [4.78, 5) is 26.1. The summed E-state index contributed by atoms with van der Waals surface area (Å²) >= 11 is 0. The second kappa shape index (κ2) is 7.70. The highest BCUT2D eigenvalue weighted by Crippen LogP contribution is 2.47. The molecule has 0 radical (unpaired) electrons. The van der Waals surface area contributed by atoms with E-state index in [1.54, 1.807) is 33.8 Å². The van der Waals surface area contributed by atoms with Crippen molar-refractivity contribution in [3.8, 4) is 6.07 Å². The molecule has 0 saturated carbocycles. The van der Waals surface area contributed by atoms with Crippen molar-refractivity contribution in [2.45, 2.75) is 56.1 Å². The van der Waals surface area contributed by atoms with Gasteiger partial charge in [0.25, 0.3) is 0 Å². The van der Waals surface area contributed by atoms with Crippen molar-refractivity contribution < 1.29 is 13.4 Å². The molecule has 172 valence electrons. The van der Waals surface area contributed by atoms with Gasteiger partial charge in [-0.3, -0.25) is 19.8 Å². The van der Waals surface area contributed by atoms with Crippen LogP contribution in [0.2, 0.25) is 0 Å². The van der Waals surface area contributed by atoms with Crippen LogP contribution in [0.15, 0.2) is 33.8 Å². The number of hydrogen-bond donors (Lipinski definition) is 1. The van der Waals surface area contributed by atoms with E-state index in [0.717, 1.165) is 0 Å². The van der Waals surface area contributed by atoms with Gasteiger partial charge in [0, 0.05) is 18.4 Å². The molecule has 0 fully saturated rings. The van der Waals surface area contributed by atoms with Crippen molar-refractivity contribution in [3.63, 3.8) is 0 Å². The molecule has 0 spiro atoms. The summed E-state index contributed by atoms with van der Waals surface area (Å²) in [5.74, 6) is -0.761. The Bertz CT molecular complexity index is 1370. The van der Waals surface area contributed by atoms with Gasteiger partial charge in [-0.05, 0) is 57.9 Å². The number of carbonyl (C=O) groups is 1. The number of nitrogens with two attached hydrogens (primary N) is 1. The molecule has 2 aromatic heterocycles. The van der Waals surface area contributed by atoms with Gasteiger partial charge in [0.15, 0.2) is 5.78 Å². The van der Waals surface area contributed by atoms with Crippen LogP contribution < -0.4 is 5.73 Å². The Kier molecular flexibility index (Phi) is 5.36. The van der Waals surface area contributed by atoms with E-state index in [-0.39, 0.29) is 29.4 Å². The van der Waals surface area contributed by atoms with Crippen LogP contribution in [0.4, 0.5) is 4.39 Å². The summed E-state index contributed by atoms with van der Waals surface area (Å²) in [6, 6.07) is 6.26. The van der Waals surface area contributed by atoms with E-state index >= 15 is 4.39 Å². The van der Waals surface area contributed by atoms with E-state index in [0.29, 0.717) is 29.8 Å². The van der Waals surface area contributed by atoms with Crippen LogP contribution in [-0.4, -0.2) is 42.3 Å². The smallest absolute Gasteiger partial charge is 0.187 e. The fourth-order valence-electron chi connectivity index (χ4n) is 4.59. The predicted octanol–water partition coefficient (Wildman–Crippen LogP) is 2.83. The molecule has 2 aliphatic heterocycles. The fourth-order valence-corrected chi connectivity index (χ4v) is 7.74. The van der Waals surface area contributed by atoms with E-state index < -0.39 is 31.1 Å². The van der Waals surface area contributed by atoms with E-state index in [2.05, 4.69) is 19.3 Å². The van der Waals surface area contributed by atoms with Crippen LogP contribution in [0.1, 0.15) is 60.2 Å². The number of fused-ring (bicyclic) bond motifs is 1. The Balaban J connectivity index is 1.75. The maximum Gasteiger partial charge on any atom is 0.187 e. The number of amidine groups is 1. The van der Waals surface area contributed by atoms with Gasteiger partial charge >= 0.3 is 0 Å². The average Bonchev–Trinajstić information content (AvgIpc) is 3.18. The van der Waals surface area contributed by atoms with Crippen LogP contribution >= 0.6 is 0 Å². The topological polar surface area (TPSA) is 134 Å². The number of rotatable bonds is 4. The number of pyridine rings is 2. The lowest BCUT2D eigenvalue weighted by molar-refractivity contribution is 0.0986. The largest absolute Gasteiger partial charge is 0.386 e. The Morgan fingerprint density at radius 2 is 2.09 bits per heavy atom. The number of aryl methyl sites for hydroxylation is 1. The number of halogens is 1. The number of nitrogens with zero attached hydrogens (tertiary/aromatic N) is 5. The second-order valence-electron chi connectivity index (χ2n) is 9.09. The Labute approximate surface area is 192 Å². The summed E-state index contributed by atoms with van der Waals surface area (Å²) in [6.45, 7) is 7.27. The van der Waals surface area contributed by atoms with E-state index in [4.69, 9.17) is 11.0 Å². The first-order chi connectivity index (χ1) is 15.4. The van der Waals surface area contributed by atoms with Gasteiger partial charge in [-0.1, -0.05) is 0 Å². The van der Waals surface area contributed by atoms with Gasteiger partial charge in [0.2, 0.25) is 0 Å². The number of ketones is 1. The first-order valence-corrected chi connectivity index (χ1v) is 12.1. The fraction of sp³-hybridized carbons (Fsp3) is 0.435. The minimum absolute atomic E-state index is 0.00517. The lowest BCUT2D eigenvalue weighted by atomic mass is 9.89. The predicted molar refractivity (Wildman–Crippen MR) is 123 cm³/mol. The molecule has 10 heteroatoms. The molecule has 0 aliphatic carbocycles. The van der Waals surface area contributed by atoms with Crippen LogP contribution in [0.3, 0.4) is 0 Å². The van der Waals surface area contributed by atoms with Gasteiger partial charge in [0.1, 0.15) is 39.4 Å². The van der Waals surface area contributed by atoms with Crippen molar-refractivity contribution in [2.75, 3.05) is 6.54 Å². The summed E-state index contributed by atoms with van der Waals surface area (Å²) in [5, 5.41) is 8.45. The molecule has 8 nitrogen and oxygen atoms in total. The van der Waals surface area contributed by atoms with Crippen molar-refractivity contribution in [1.29, 1.82) is 5.26 Å². The summed E-state index contributed by atoms with van der Waals surface area (Å²) < 4.78 is 32.5. The van der Waals surface area contributed by atoms with Crippen molar-refractivity contribution in [3.05, 3.63) is 58.4 Å². The van der Waals surface area contributed by atoms with Gasteiger partial charge < -0.3 is 5.73 Å². The highest BCUT2D eigenvalue weighted by Gasteiger charge is 2.57. The lowest BCUT2D eigenvalue weighted by Gasteiger charge is -2.44. The van der Waals surface area contributed by atoms with E-state index in [9.17, 15) is 9.00 Å². The van der Waals surface area contributed by atoms with E-state index in [1.807, 2.05) is 6.07 Å². The molecule has 0 bridgehead atoms. The van der Waals surface area contributed by atoms with Crippen molar-refractivity contribution in [2.24, 2.45) is 15.1 Å². The standard InChI is InChI=1S/C23H25FN6O2S/c1-13-9-14(11-25)12-27-19(13)17(31)10-15-5-6-16(24)20(29-15)23(4)18-7-8-28-33(18,32)22(2,3)21(26)30-23/h5-6,9,12,18H,7-8,10H2,1-4H3,(H2,26,30)/t18-,23-,33-/m0/s1. The van der Waals surface area contributed by atoms with Crippen molar-refractivity contribution in [1.82, 2.24) is 9.97 Å². The molecule has 2 aromatic rings. The molecule has 0 aromatic carbocycles. The van der Waals surface area contributed by atoms with Crippen LogP contribution in [-0.2, 0) is 21.7 Å². The third-order valence-electron chi connectivity index (χ3n) is 6.58. The molecule has 0 unspecified atom stereocenters. The average molecular weight is 469 g/mol. The molecule has 4 rings (SSSR count). The van der Waals surface area contributed by atoms with Gasteiger partial charge in [0.05, 0.1) is 27.0 Å². The van der Waals surface area contributed by atoms with Gasteiger partial charge in [-0.25, -0.2) is 13.0 Å². The zero-order chi connectivity index (χ0) is 24.2. The molecule has 4 heterocycles. The van der Waals surface area contributed by atoms with Gasteiger partial charge in [-0.15, -0.1) is 0 Å². The molecule has 0 amide bonds. The molecule has 0 saturated heterocycles.